The lowest BCUT2D eigenvalue weighted by atomic mass is 10.2. The minimum absolute atomic E-state index is 0.0687. The van der Waals surface area contributed by atoms with Gasteiger partial charge in [0.1, 0.15) is 5.65 Å². The highest BCUT2D eigenvalue weighted by Crippen LogP contribution is 2.40. The third-order valence-electron chi connectivity index (χ3n) is 5.00. The zero-order valence-electron chi connectivity index (χ0n) is 13.8. The molecule has 3 aromatic heterocycles. The summed E-state index contributed by atoms with van der Waals surface area (Å²) in [6.45, 7) is 0.740. The molecule has 1 aliphatic carbocycles. The van der Waals surface area contributed by atoms with Crippen LogP contribution >= 0.6 is 0 Å². The molecule has 5 rings (SSSR count). The predicted octanol–water partition coefficient (Wildman–Crippen LogP) is 2.50. The highest BCUT2D eigenvalue weighted by atomic mass is 16.5. The molecule has 7 nitrogen and oxygen atoms in total. The van der Waals surface area contributed by atoms with Crippen LogP contribution in [0.2, 0.25) is 0 Å². The van der Waals surface area contributed by atoms with Crippen LogP contribution in [0.3, 0.4) is 0 Å². The third-order valence-corrected chi connectivity index (χ3v) is 5.00. The largest absolute Gasteiger partial charge is 0.339 e. The van der Waals surface area contributed by atoms with E-state index in [1.807, 2.05) is 39.9 Å². The van der Waals surface area contributed by atoms with Crippen molar-refractivity contribution in [3.8, 4) is 0 Å². The molecular formula is C18H19N5O2. The molecule has 1 saturated carbocycles. The van der Waals surface area contributed by atoms with Crippen LogP contribution in [-0.2, 0) is 11.2 Å². The average Bonchev–Trinajstić information content (AvgIpc) is 3.04. The molecule has 128 valence electrons. The Kier molecular flexibility index (Phi) is 3.33. The topological polar surface area (TPSA) is 76.5 Å². The average molecular weight is 337 g/mol. The summed E-state index contributed by atoms with van der Waals surface area (Å²) in [6, 6.07) is 5.76. The molecule has 2 aliphatic rings. The van der Waals surface area contributed by atoms with Gasteiger partial charge >= 0.3 is 0 Å². The number of carbonyl (C=O) groups excluding carboxylic acids is 1. The molecule has 1 atom stereocenters. The van der Waals surface area contributed by atoms with E-state index in [1.165, 1.54) is 0 Å². The zero-order valence-corrected chi connectivity index (χ0v) is 13.8. The molecule has 3 aromatic rings. The fourth-order valence-electron chi connectivity index (χ4n) is 3.54. The molecule has 2 fully saturated rings. The first-order valence-electron chi connectivity index (χ1n) is 8.83. The van der Waals surface area contributed by atoms with E-state index in [0.717, 1.165) is 49.5 Å². The summed E-state index contributed by atoms with van der Waals surface area (Å²) in [6.07, 6.45) is 8.26. The van der Waals surface area contributed by atoms with E-state index in [-0.39, 0.29) is 11.9 Å². The highest BCUT2D eigenvalue weighted by molar-refractivity contribution is 5.79. The molecule has 1 amide bonds. The monoisotopic (exact) mass is 337 g/mol. The van der Waals surface area contributed by atoms with Crippen molar-refractivity contribution >= 4 is 11.6 Å². The van der Waals surface area contributed by atoms with Crippen LogP contribution in [0.25, 0.3) is 5.65 Å². The first-order chi connectivity index (χ1) is 12.3. The van der Waals surface area contributed by atoms with Gasteiger partial charge in [-0.3, -0.25) is 4.79 Å². The summed E-state index contributed by atoms with van der Waals surface area (Å²) in [5.41, 5.74) is 1.64. The number of hydrogen-bond acceptors (Lipinski definition) is 5. The normalized spacial score (nSPS) is 20.5. The van der Waals surface area contributed by atoms with Crippen LogP contribution in [0.5, 0.6) is 0 Å². The van der Waals surface area contributed by atoms with Gasteiger partial charge in [0, 0.05) is 24.9 Å². The molecule has 0 aromatic carbocycles. The number of amides is 1. The number of aromatic nitrogens is 4. The Bertz CT molecular complexity index is 893. The summed E-state index contributed by atoms with van der Waals surface area (Å²) in [4.78, 5) is 23.8. The fraction of sp³-hybridized carbons (Fsp3) is 0.444. The van der Waals surface area contributed by atoms with Gasteiger partial charge in [-0.2, -0.15) is 4.98 Å². The smallest absolute Gasteiger partial charge is 0.229 e. The van der Waals surface area contributed by atoms with Crippen molar-refractivity contribution in [2.75, 3.05) is 6.54 Å². The minimum Gasteiger partial charge on any atom is -0.339 e. The number of imidazole rings is 1. The first kappa shape index (κ1) is 14.6. The van der Waals surface area contributed by atoms with Gasteiger partial charge in [0.15, 0.2) is 5.82 Å². The van der Waals surface area contributed by atoms with E-state index < -0.39 is 0 Å². The molecular weight excluding hydrogens is 318 g/mol. The van der Waals surface area contributed by atoms with Gasteiger partial charge in [-0.15, -0.1) is 0 Å². The van der Waals surface area contributed by atoms with Crippen LogP contribution < -0.4 is 0 Å². The van der Waals surface area contributed by atoms with Gasteiger partial charge < -0.3 is 13.8 Å². The van der Waals surface area contributed by atoms with Crippen molar-refractivity contribution in [3.05, 3.63) is 48.0 Å². The van der Waals surface area contributed by atoms with Gasteiger partial charge in [-0.1, -0.05) is 11.2 Å². The maximum Gasteiger partial charge on any atom is 0.229 e. The number of nitrogens with zero attached hydrogens (tertiary/aromatic N) is 5. The van der Waals surface area contributed by atoms with Crippen LogP contribution in [0.4, 0.5) is 0 Å². The lowest BCUT2D eigenvalue weighted by molar-refractivity contribution is -0.131. The van der Waals surface area contributed by atoms with E-state index >= 15 is 0 Å². The van der Waals surface area contributed by atoms with E-state index in [9.17, 15) is 4.79 Å². The van der Waals surface area contributed by atoms with Crippen molar-refractivity contribution in [2.45, 2.75) is 44.1 Å². The third kappa shape index (κ3) is 2.69. The van der Waals surface area contributed by atoms with Crippen molar-refractivity contribution in [3.63, 3.8) is 0 Å². The van der Waals surface area contributed by atoms with Gasteiger partial charge in [0.2, 0.25) is 11.8 Å². The molecule has 0 bridgehead atoms. The van der Waals surface area contributed by atoms with Crippen molar-refractivity contribution in [1.82, 2.24) is 24.4 Å². The van der Waals surface area contributed by atoms with Crippen LogP contribution in [0.15, 0.2) is 35.1 Å². The fourth-order valence-corrected chi connectivity index (χ4v) is 3.54. The molecule has 0 N–H and O–H groups in total. The van der Waals surface area contributed by atoms with E-state index in [2.05, 4.69) is 15.1 Å². The summed E-state index contributed by atoms with van der Waals surface area (Å²) < 4.78 is 7.31. The van der Waals surface area contributed by atoms with E-state index in [0.29, 0.717) is 18.2 Å². The molecule has 7 heteroatoms. The van der Waals surface area contributed by atoms with Crippen molar-refractivity contribution < 1.29 is 9.32 Å². The first-order valence-corrected chi connectivity index (χ1v) is 8.83. The van der Waals surface area contributed by atoms with Gasteiger partial charge in [-0.25, -0.2) is 4.98 Å². The Morgan fingerprint density at radius 3 is 3.00 bits per heavy atom. The number of fused-ring (bicyclic) bond motifs is 1. The molecule has 1 saturated heterocycles. The van der Waals surface area contributed by atoms with Crippen LogP contribution in [0.1, 0.15) is 55.1 Å². The molecule has 25 heavy (non-hydrogen) atoms. The van der Waals surface area contributed by atoms with Crippen LogP contribution in [-0.4, -0.2) is 36.9 Å². The van der Waals surface area contributed by atoms with Crippen molar-refractivity contribution in [2.24, 2.45) is 0 Å². The SMILES string of the molecule is O=C(Cc1cn2ccccc2n1)N1CCCC1c1noc(C2CC2)n1. The number of likely N-dealkylation sites (tertiary alicyclic amines) is 1. The van der Waals surface area contributed by atoms with Crippen LogP contribution in [0, 0.1) is 0 Å². The Balaban J connectivity index is 1.34. The lowest BCUT2D eigenvalue weighted by Gasteiger charge is -2.21. The predicted molar refractivity (Wildman–Crippen MR) is 88.9 cm³/mol. The molecule has 4 heterocycles. The van der Waals surface area contributed by atoms with E-state index in [1.54, 1.807) is 0 Å². The Morgan fingerprint density at radius 1 is 1.24 bits per heavy atom. The molecule has 1 unspecified atom stereocenters. The number of hydrogen-bond donors (Lipinski definition) is 0. The Hall–Kier alpha value is -2.70. The summed E-state index contributed by atoms with van der Waals surface area (Å²) in [7, 11) is 0. The maximum absolute atomic E-state index is 12.8. The van der Waals surface area contributed by atoms with Gasteiger partial charge in [0.25, 0.3) is 0 Å². The number of carbonyl (C=O) groups is 1. The maximum atomic E-state index is 12.8. The second-order valence-electron chi connectivity index (χ2n) is 6.89. The summed E-state index contributed by atoms with van der Waals surface area (Å²) in [5, 5.41) is 4.13. The molecule has 0 spiro atoms. The summed E-state index contributed by atoms with van der Waals surface area (Å²) in [5.74, 6) is 1.89. The lowest BCUT2D eigenvalue weighted by Crippen LogP contribution is -2.32. The Morgan fingerprint density at radius 2 is 2.16 bits per heavy atom. The molecule has 1 aliphatic heterocycles. The Labute approximate surface area is 144 Å². The quantitative estimate of drug-likeness (QED) is 0.731. The van der Waals surface area contributed by atoms with Gasteiger partial charge in [-0.05, 0) is 37.8 Å². The number of rotatable bonds is 4. The standard InChI is InChI=1S/C18H19N5O2/c24-16(10-13-11-22-8-2-1-5-15(22)19-13)23-9-3-4-14(23)17-20-18(25-21-17)12-6-7-12/h1-2,5,8,11-12,14H,3-4,6-7,9-10H2. The number of pyridine rings is 1. The molecule has 0 radical (unpaired) electrons. The highest BCUT2D eigenvalue weighted by Gasteiger charge is 2.36. The zero-order chi connectivity index (χ0) is 16.8. The second kappa shape index (κ2) is 5.68. The van der Waals surface area contributed by atoms with Crippen molar-refractivity contribution in [1.29, 1.82) is 0 Å². The van der Waals surface area contributed by atoms with E-state index in [4.69, 9.17) is 4.52 Å². The second-order valence-corrected chi connectivity index (χ2v) is 6.89. The minimum atomic E-state index is -0.0687. The summed E-state index contributed by atoms with van der Waals surface area (Å²) >= 11 is 0. The van der Waals surface area contributed by atoms with Gasteiger partial charge in [0.05, 0.1) is 18.2 Å².